The van der Waals surface area contributed by atoms with Gasteiger partial charge in [-0.3, -0.25) is 4.79 Å². The Hall–Kier alpha value is -2.70. The molecule has 1 amide bonds. The van der Waals surface area contributed by atoms with E-state index in [1.165, 1.54) is 23.6 Å². The summed E-state index contributed by atoms with van der Waals surface area (Å²) in [7, 11) is 1.27. The number of carbonyl (C=O) groups excluding carboxylic acids is 2. The van der Waals surface area contributed by atoms with E-state index in [0.717, 1.165) is 12.8 Å². The third-order valence-corrected chi connectivity index (χ3v) is 3.36. The number of ether oxygens (including phenoxy) is 1. The van der Waals surface area contributed by atoms with E-state index in [0.29, 0.717) is 0 Å². The van der Waals surface area contributed by atoms with Crippen LogP contribution in [0.15, 0.2) is 36.5 Å². The fourth-order valence-electron chi connectivity index (χ4n) is 2.14. The summed E-state index contributed by atoms with van der Waals surface area (Å²) in [6.07, 6.45) is 3.14. The summed E-state index contributed by atoms with van der Waals surface area (Å²) in [4.78, 5) is 23.2. The van der Waals surface area contributed by atoms with Gasteiger partial charge in [0, 0.05) is 6.04 Å². The number of methoxy groups -OCH3 is 1. The number of nitrogens with one attached hydrogen (secondary N) is 1. The van der Waals surface area contributed by atoms with Gasteiger partial charge in [-0.1, -0.05) is 35.5 Å². The molecule has 23 heavy (non-hydrogen) atoms. The third-order valence-electron chi connectivity index (χ3n) is 3.36. The molecule has 0 aliphatic rings. The molecule has 0 bridgehead atoms. The molecule has 7 nitrogen and oxygen atoms in total. The van der Waals surface area contributed by atoms with E-state index in [4.69, 9.17) is 0 Å². The first-order valence-electron chi connectivity index (χ1n) is 7.40. The minimum absolute atomic E-state index is 0.0136. The lowest BCUT2D eigenvalue weighted by molar-refractivity contribution is -0.122. The van der Waals surface area contributed by atoms with Crippen LogP contribution in [0.25, 0.3) is 0 Å². The number of aromatic nitrogens is 3. The van der Waals surface area contributed by atoms with Crippen molar-refractivity contribution in [3.63, 3.8) is 0 Å². The van der Waals surface area contributed by atoms with Crippen LogP contribution in [0.4, 0.5) is 0 Å². The lowest BCUT2D eigenvalue weighted by atomic mass is 10.1. The second-order valence-electron chi connectivity index (χ2n) is 5.29. The summed E-state index contributed by atoms with van der Waals surface area (Å²) in [5.74, 6) is -0.750. The first-order chi connectivity index (χ1) is 11.1. The Kier molecular flexibility index (Phi) is 5.85. The van der Waals surface area contributed by atoms with E-state index in [1.807, 2.05) is 25.1 Å². The average Bonchev–Trinajstić information content (AvgIpc) is 3.01. The fraction of sp³-hybridized carbons (Fsp3) is 0.375. The highest BCUT2D eigenvalue weighted by molar-refractivity contribution is 5.86. The van der Waals surface area contributed by atoms with Gasteiger partial charge in [-0.25, -0.2) is 9.48 Å². The van der Waals surface area contributed by atoms with Gasteiger partial charge in [-0.05, 0) is 25.3 Å². The van der Waals surface area contributed by atoms with E-state index < -0.39 is 5.97 Å². The maximum atomic E-state index is 12.0. The van der Waals surface area contributed by atoms with Gasteiger partial charge < -0.3 is 10.1 Å². The van der Waals surface area contributed by atoms with Gasteiger partial charge in [0.2, 0.25) is 5.91 Å². The molecule has 1 N–H and O–H groups in total. The van der Waals surface area contributed by atoms with Crippen LogP contribution in [0.2, 0.25) is 0 Å². The Morgan fingerprint density at radius 3 is 2.74 bits per heavy atom. The van der Waals surface area contributed by atoms with Crippen molar-refractivity contribution in [2.45, 2.75) is 32.4 Å². The molecule has 1 aromatic carbocycles. The highest BCUT2D eigenvalue weighted by Gasteiger charge is 2.13. The number of hydrogen-bond donors (Lipinski definition) is 1. The highest BCUT2D eigenvalue weighted by atomic mass is 16.5. The minimum Gasteiger partial charge on any atom is -0.464 e. The molecule has 1 heterocycles. The molecule has 122 valence electrons. The van der Waals surface area contributed by atoms with Crippen LogP contribution in [0.5, 0.6) is 0 Å². The molecule has 0 saturated heterocycles. The molecule has 0 unspecified atom stereocenters. The lowest BCUT2D eigenvalue weighted by Crippen LogP contribution is -2.35. The van der Waals surface area contributed by atoms with Crippen molar-refractivity contribution in [1.29, 1.82) is 0 Å². The molecule has 1 atom stereocenters. The first-order valence-corrected chi connectivity index (χ1v) is 7.40. The normalized spacial score (nSPS) is 11.7. The standard InChI is InChI=1S/C16H20N4O3/c1-12(8-9-13-6-4-3-5-7-13)17-15(21)11-20-10-14(18-19-20)16(22)23-2/h3-7,10,12H,8-9,11H2,1-2H3,(H,17,21)/t12-/m0/s1. The maximum absolute atomic E-state index is 12.0. The van der Waals surface area contributed by atoms with Crippen LogP contribution in [-0.4, -0.2) is 40.0 Å². The van der Waals surface area contributed by atoms with Crippen LogP contribution < -0.4 is 5.32 Å². The topological polar surface area (TPSA) is 86.1 Å². The Labute approximate surface area is 134 Å². The molecule has 0 fully saturated rings. The summed E-state index contributed by atoms with van der Waals surface area (Å²) < 4.78 is 5.85. The molecular weight excluding hydrogens is 296 g/mol. The van der Waals surface area contributed by atoms with Crippen LogP contribution >= 0.6 is 0 Å². The van der Waals surface area contributed by atoms with Crippen molar-refractivity contribution in [2.24, 2.45) is 0 Å². The molecule has 1 aromatic heterocycles. The van der Waals surface area contributed by atoms with E-state index in [2.05, 4.69) is 32.5 Å². The van der Waals surface area contributed by atoms with Crippen LogP contribution in [-0.2, 0) is 22.5 Å². The van der Waals surface area contributed by atoms with E-state index in [-0.39, 0.29) is 24.2 Å². The van der Waals surface area contributed by atoms with Gasteiger partial charge in [-0.15, -0.1) is 5.10 Å². The molecule has 0 saturated carbocycles. The van der Waals surface area contributed by atoms with Crippen molar-refractivity contribution in [3.05, 3.63) is 47.8 Å². The SMILES string of the molecule is COC(=O)c1cn(CC(=O)N[C@@H](C)CCc2ccccc2)nn1. The van der Waals surface area contributed by atoms with Crippen molar-refractivity contribution in [1.82, 2.24) is 20.3 Å². The molecule has 0 radical (unpaired) electrons. The Morgan fingerprint density at radius 1 is 1.30 bits per heavy atom. The number of benzene rings is 1. The van der Waals surface area contributed by atoms with Crippen LogP contribution in [0, 0.1) is 0 Å². The summed E-state index contributed by atoms with van der Waals surface area (Å²) in [5.41, 5.74) is 1.32. The molecule has 2 aromatic rings. The predicted molar refractivity (Wildman–Crippen MR) is 83.7 cm³/mol. The average molecular weight is 316 g/mol. The Balaban J connectivity index is 1.77. The first kappa shape index (κ1) is 16.7. The fourth-order valence-corrected chi connectivity index (χ4v) is 2.14. The number of esters is 1. The van der Waals surface area contributed by atoms with Gasteiger partial charge in [0.05, 0.1) is 13.3 Å². The zero-order valence-electron chi connectivity index (χ0n) is 13.2. The summed E-state index contributed by atoms with van der Waals surface area (Å²) >= 11 is 0. The quantitative estimate of drug-likeness (QED) is 0.776. The zero-order chi connectivity index (χ0) is 16.7. The van der Waals surface area contributed by atoms with Crippen molar-refractivity contribution >= 4 is 11.9 Å². The monoisotopic (exact) mass is 316 g/mol. The van der Waals surface area contributed by atoms with Gasteiger partial charge in [0.15, 0.2) is 5.69 Å². The molecule has 2 rings (SSSR count). The van der Waals surface area contributed by atoms with Gasteiger partial charge in [0.25, 0.3) is 0 Å². The highest BCUT2D eigenvalue weighted by Crippen LogP contribution is 2.05. The second kappa shape index (κ2) is 8.07. The number of carbonyl (C=O) groups is 2. The number of hydrogen-bond acceptors (Lipinski definition) is 5. The molecule has 0 spiro atoms. The summed E-state index contributed by atoms with van der Waals surface area (Å²) in [6.45, 7) is 1.97. The number of amides is 1. The Bertz CT molecular complexity index is 654. The van der Waals surface area contributed by atoms with E-state index in [1.54, 1.807) is 0 Å². The molecule has 0 aliphatic heterocycles. The minimum atomic E-state index is -0.576. The largest absolute Gasteiger partial charge is 0.464 e. The summed E-state index contributed by atoms with van der Waals surface area (Å²) in [6, 6.07) is 10.2. The third kappa shape index (κ3) is 5.21. The Morgan fingerprint density at radius 2 is 2.04 bits per heavy atom. The van der Waals surface area contributed by atoms with Crippen LogP contribution in [0.1, 0.15) is 29.4 Å². The van der Waals surface area contributed by atoms with E-state index >= 15 is 0 Å². The van der Waals surface area contributed by atoms with E-state index in [9.17, 15) is 9.59 Å². The van der Waals surface area contributed by atoms with Crippen molar-refractivity contribution in [2.75, 3.05) is 7.11 Å². The number of rotatable bonds is 7. The van der Waals surface area contributed by atoms with Crippen molar-refractivity contribution in [3.8, 4) is 0 Å². The number of nitrogens with zero attached hydrogens (tertiary/aromatic N) is 3. The maximum Gasteiger partial charge on any atom is 0.360 e. The van der Waals surface area contributed by atoms with Gasteiger partial charge in [0.1, 0.15) is 6.54 Å². The van der Waals surface area contributed by atoms with Gasteiger partial charge in [-0.2, -0.15) is 0 Å². The van der Waals surface area contributed by atoms with Gasteiger partial charge >= 0.3 is 5.97 Å². The zero-order valence-corrected chi connectivity index (χ0v) is 13.2. The molecule has 7 heteroatoms. The second-order valence-corrected chi connectivity index (χ2v) is 5.29. The van der Waals surface area contributed by atoms with Crippen LogP contribution in [0.3, 0.4) is 0 Å². The molecular formula is C16H20N4O3. The predicted octanol–water partition coefficient (Wildman–Crippen LogP) is 1.20. The van der Waals surface area contributed by atoms with Crippen molar-refractivity contribution < 1.29 is 14.3 Å². The summed E-state index contributed by atoms with van der Waals surface area (Å²) in [5, 5.41) is 10.3. The smallest absolute Gasteiger partial charge is 0.360 e. The lowest BCUT2D eigenvalue weighted by Gasteiger charge is -2.13. The number of aryl methyl sites for hydroxylation is 1. The molecule has 0 aliphatic carbocycles.